The van der Waals surface area contributed by atoms with Crippen molar-refractivity contribution < 1.29 is 4.74 Å². The summed E-state index contributed by atoms with van der Waals surface area (Å²) in [6.07, 6.45) is 0.617. The fourth-order valence-electron chi connectivity index (χ4n) is 4.29. The predicted octanol–water partition coefficient (Wildman–Crippen LogP) is 3.28. The van der Waals surface area contributed by atoms with Crippen molar-refractivity contribution in [1.82, 2.24) is 9.55 Å². The van der Waals surface area contributed by atoms with Gasteiger partial charge in [0, 0.05) is 50.6 Å². The number of methoxy groups -OCH3 is 1. The van der Waals surface area contributed by atoms with Gasteiger partial charge < -0.3 is 14.5 Å². The quantitative estimate of drug-likeness (QED) is 0.575. The van der Waals surface area contributed by atoms with Crippen molar-refractivity contribution in [2.75, 3.05) is 48.8 Å². The van der Waals surface area contributed by atoms with Gasteiger partial charge in [-0.3, -0.25) is 9.36 Å². The maximum absolute atomic E-state index is 13.3. The number of nitrogens with zero attached hydrogens (tertiary/aromatic N) is 4. The van der Waals surface area contributed by atoms with Crippen LogP contribution in [-0.2, 0) is 13.0 Å². The van der Waals surface area contributed by atoms with Crippen molar-refractivity contribution in [3.63, 3.8) is 0 Å². The lowest BCUT2D eigenvalue weighted by molar-refractivity contribution is 0.415. The largest absolute Gasteiger partial charge is 0.497 e. The summed E-state index contributed by atoms with van der Waals surface area (Å²) in [6.45, 7) is 4.22. The maximum atomic E-state index is 13.3. The Morgan fingerprint density at radius 1 is 0.935 bits per heavy atom. The molecule has 0 spiro atoms. The lowest BCUT2D eigenvalue weighted by Crippen LogP contribution is -2.48. The number of hydrogen-bond donors (Lipinski definition) is 0. The summed E-state index contributed by atoms with van der Waals surface area (Å²) in [5, 5.41) is 0.856. The van der Waals surface area contributed by atoms with Crippen LogP contribution >= 0.6 is 11.8 Å². The minimum absolute atomic E-state index is 0.117. The first-order valence-corrected chi connectivity index (χ1v) is 11.7. The molecule has 0 unspecified atom stereocenters. The van der Waals surface area contributed by atoms with Crippen LogP contribution < -0.4 is 20.1 Å². The molecule has 7 heteroatoms. The molecule has 1 fully saturated rings. The summed E-state index contributed by atoms with van der Waals surface area (Å²) in [7, 11) is 1.69. The summed E-state index contributed by atoms with van der Waals surface area (Å²) in [4.78, 5) is 23.0. The Bertz CT molecular complexity index is 1110. The molecule has 0 aliphatic carbocycles. The number of fused-ring (bicyclic) bond motifs is 1. The minimum atomic E-state index is 0.117. The smallest absolute Gasteiger partial charge is 0.259 e. The Morgan fingerprint density at radius 2 is 1.65 bits per heavy atom. The van der Waals surface area contributed by atoms with Crippen LogP contribution in [0.2, 0.25) is 0 Å². The monoisotopic (exact) mass is 434 g/mol. The zero-order valence-electron chi connectivity index (χ0n) is 17.7. The van der Waals surface area contributed by atoms with E-state index in [0.717, 1.165) is 66.3 Å². The molecule has 3 heterocycles. The molecule has 160 valence electrons. The molecule has 0 radical (unpaired) electrons. The lowest BCUT2D eigenvalue weighted by atomic mass is 10.1. The van der Waals surface area contributed by atoms with Crippen LogP contribution in [0.5, 0.6) is 5.75 Å². The third-order valence-corrected chi connectivity index (χ3v) is 6.95. The highest BCUT2D eigenvalue weighted by molar-refractivity contribution is 7.99. The van der Waals surface area contributed by atoms with Crippen LogP contribution in [0.3, 0.4) is 0 Å². The standard InChI is InChI=1S/C24H26N4O2S/c1-30-20-9-7-19(8-10-20)26-11-13-27(14-12-26)22-21(17-18-5-3-2-4-6-18)23(29)28-15-16-31-24(28)25-22/h2-10H,11-17H2,1H3. The molecule has 1 aromatic heterocycles. The van der Waals surface area contributed by atoms with Gasteiger partial charge in [-0.25, -0.2) is 4.98 Å². The fraction of sp³-hybridized carbons (Fsp3) is 0.333. The van der Waals surface area contributed by atoms with Gasteiger partial charge in [0.25, 0.3) is 5.56 Å². The second-order valence-corrected chi connectivity index (χ2v) is 8.90. The van der Waals surface area contributed by atoms with E-state index in [1.165, 1.54) is 5.69 Å². The Kier molecular flexibility index (Phi) is 5.59. The molecule has 0 bridgehead atoms. The first-order chi connectivity index (χ1) is 15.2. The topological polar surface area (TPSA) is 50.6 Å². The summed E-state index contributed by atoms with van der Waals surface area (Å²) < 4.78 is 7.12. The van der Waals surface area contributed by atoms with Gasteiger partial charge in [-0.15, -0.1) is 0 Å². The van der Waals surface area contributed by atoms with E-state index < -0.39 is 0 Å². The van der Waals surface area contributed by atoms with Crippen LogP contribution in [0.4, 0.5) is 11.5 Å². The third-order valence-electron chi connectivity index (χ3n) is 5.99. The Morgan fingerprint density at radius 3 is 2.35 bits per heavy atom. The molecule has 0 N–H and O–H groups in total. The second-order valence-electron chi connectivity index (χ2n) is 7.84. The van der Waals surface area contributed by atoms with Crippen molar-refractivity contribution >= 4 is 23.3 Å². The van der Waals surface area contributed by atoms with Crippen molar-refractivity contribution in [2.24, 2.45) is 0 Å². The number of aromatic nitrogens is 2. The van der Waals surface area contributed by atoms with Crippen molar-refractivity contribution in [2.45, 2.75) is 18.1 Å². The van der Waals surface area contributed by atoms with Crippen molar-refractivity contribution in [3.05, 3.63) is 76.1 Å². The van der Waals surface area contributed by atoms with Gasteiger partial charge in [0.15, 0.2) is 5.16 Å². The number of anilines is 2. The van der Waals surface area contributed by atoms with E-state index in [1.54, 1.807) is 18.9 Å². The maximum Gasteiger partial charge on any atom is 0.259 e. The third kappa shape index (κ3) is 4.02. The van der Waals surface area contributed by atoms with Gasteiger partial charge >= 0.3 is 0 Å². The molecule has 2 aromatic carbocycles. The number of thioether (sulfide) groups is 1. The van der Waals surface area contributed by atoms with Gasteiger partial charge in [0.2, 0.25) is 0 Å². The Hall–Kier alpha value is -2.93. The lowest BCUT2D eigenvalue weighted by Gasteiger charge is -2.37. The number of rotatable bonds is 5. The summed E-state index contributed by atoms with van der Waals surface area (Å²) >= 11 is 1.68. The highest BCUT2D eigenvalue weighted by Gasteiger charge is 2.26. The minimum Gasteiger partial charge on any atom is -0.497 e. The van der Waals surface area contributed by atoms with Crippen molar-refractivity contribution in [1.29, 1.82) is 0 Å². The van der Waals surface area contributed by atoms with E-state index in [-0.39, 0.29) is 5.56 Å². The molecular formula is C24H26N4O2S. The van der Waals surface area contributed by atoms with Crippen molar-refractivity contribution in [3.8, 4) is 5.75 Å². The predicted molar refractivity (Wildman–Crippen MR) is 126 cm³/mol. The molecule has 0 atom stereocenters. The zero-order chi connectivity index (χ0) is 21.2. The highest BCUT2D eigenvalue weighted by Crippen LogP contribution is 2.28. The van der Waals surface area contributed by atoms with Crippen LogP contribution in [-0.4, -0.2) is 48.6 Å². The normalized spacial score (nSPS) is 15.8. The van der Waals surface area contributed by atoms with Gasteiger partial charge in [0.1, 0.15) is 11.6 Å². The molecular weight excluding hydrogens is 408 g/mol. The van der Waals surface area contributed by atoms with Crippen LogP contribution in [0, 0.1) is 0 Å². The molecule has 6 nitrogen and oxygen atoms in total. The van der Waals surface area contributed by atoms with Gasteiger partial charge in [-0.05, 0) is 29.8 Å². The number of hydrogen-bond acceptors (Lipinski definition) is 6. The highest BCUT2D eigenvalue weighted by atomic mass is 32.2. The van der Waals surface area contributed by atoms with Crippen LogP contribution in [0.25, 0.3) is 0 Å². The Labute approximate surface area is 186 Å². The molecule has 0 amide bonds. The summed E-state index contributed by atoms with van der Waals surface area (Å²) in [5.41, 5.74) is 3.27. The number of ether oxygens (including phenoxy) is 1. The first-order valence-electron chi connectivity index (χ1n) is 10.7. The Balaban J connectivity index is 1.41. The number of benzene rings is 2. The van der Waals surface area contributed by atoms with E-state index in [2.05, 4.69) is 34.1 Å². The van der Waals surface area contributed by atoms with Gasteiger partial charge in [-0.1, -0.05) is 42.1 Å². The summed E-state index contributed by atoms with van der Waals surface area (Å²) in [6, 6.07) is 18.4. The SMILES string of the molecule is COc1ccc(N2CCN(c3nc4n(c(=O)c3Cc3ccccc3)CCS4)CC2)cc1. The molecule has 5 rings (SSSR count). The van der Waals surface area contributed by atoms with E-state index in [4.69, 9.17) is 9.72 Å². The number of piperazine rings is 1. The molecule has 31 heavy (non-hydrogen) atoms. The van der Waals surface area contributed by atoms with Gasteiger partial charge in [0.05, 0.1) is 12.7 Å². The first kappa shape index (κ1) is 20.0. The van der Waals surface area contributed by atoms with Crippen LogP contribution in [0.1, 0.15) is 11.1 Å². The van der Waals surface area contributed by atoms with E-state index >= 15 is 0 Å². The average molecular weight is 435 g/mol. The van der Waals surface area contributed by atoms with Gasteiger partial charge in [-0.2, -0.15) is 0 Å². The van der Waals surface area contributed by atoms with Crippen LogP contribution in [0.15, 0.2) is 64.5 Å². The summed E-state index contributed by atoms with van der Waals surface area (Å²) in [5.74, 6) is 2.65. The van der Waals surface area contributed by atoms with E-state index in [0.29, 0.717) is 6.42 Å². The zero-order valence-corrected chi connectivity index (χ0v) is 18.5. The molecule has 2 aliphatic heterocycles. The van der Waals surface area contributed by atoms with E-state index in [9.17, 15) is 4.79 Å². The average Bonchev–Trinajstić information content (AvgIpc) is 3.31. The van der Waals surface area contributed by atoms with E-state index in [1.807, 2.05) is 34.9 Å². The molecule has 3 aromatic rings. The molecule has 1 saturated heterocycles. The molecule has 0 saturated carbocycles. The molecule has 2 aliphatic rings. The second kappa shape index (κ2) is 8.67. The fourth-order valence-corrected chi connectivity index (χ4v) is 5.22.